The van der Waals surface area contributed by atoms with Crippen molar-refractivity contribution in [1.29, 1.82) is 0 Å². The highest BCUT2D eigenvalue weighted by Gasteiger charge is 2.09. The number of hydrogen-bond acceptors (Lipinski definition) is 5. The summed E-state index contributed by atoms with van der Waals surface area (Å²) in [5.41, 5.74) is 0.570. The highest BCUT2D eigenvalue weighted by atomic mass is 16.6. The Hall–Kier alpha value is -2.77. The van der Waals surface area contributed by atoms with Gasteiger partial charge in [0.05, 0.1) is 4.92 Å². The highest BCUT2D eigenvalue weighted by Crippen LogP contribution is 2.08. The molecule has 0 saturated carbocycles. The first-order valence-corrected chi connectivity index (χ1v) is 5.52. The molecule has 8 heteroatoms. The Bertz CT molecular complexity index is 581. The zero-order valence-electron chi connectivity index (χ0n) is 9.89. The topological polar surface area (TPSA) is 103 Å². The lowest BCUT2D eigenvalue weighted by Crippen LogP contribution is -2.14. The zero-order chi connectivity index (χ0) is 13.7. The molecule has 98 valence electrons. The Morgan fingerprint density at radius 3 is 2.79 bits per heavy atom. The number of carbonyl (C=O) groups is 1. The Balaban J connectivity index is 1.84. The minimum atomic E-state index is -0.527. The molecule has 0 unspecified atom stereocenters. The summed E-state index contributed by atoms with van der Waals surface area (Å²) in [4.78, 5) is 25.4. The van der Waals surface area contributed by atoms with Gasteiger partial charge in [0, 0.05) is 31.0 Å². The van der Waals surface area contributed by atoms with Crippen molar-refractivity contribution in [2.24, 2.45) is 0 Å². The summed E-state index contributed by atoms with van der Waals surface area (Å²) in [5, 5.41) is 16.9. The second-order valence-electron chi connectivity index (χ2n) is 3.75. The number of carbonyl (C=O) groups excluding carboxylic acids is 1. The van der Waals surface area contributed by atoms with Crippen molar-refractivity contribution in [3.05, 3.63) is 47.0 Å². The van der Waals surface area contributed by atoms with Gasteiger partial charge in [-0.05, 0) is 12.1 Å². The number of nitro groups is 1. The van der Waals surface area contributed by atoms with E-state index in [2.05, 4.69) is 15.4 Å². The molecule has 1 N–H and O–H groups in total. The van der Waals surface area contributed by atoms with Crippen LogP contribution in [0.2, 0.25) is 0 Å². The molecule has 2 rings (SSSR count). The molecule has 0 aliphatic carbocycles. The largest absolute Gasteiger partial charge is 0.326 e. The van der Waals surface area contributed by atoms with E-state index in [4.69, 9.17) is 0 Å². The van der Waals surface area contributed by atoms with Crippen LogP contribution in [-0.4, -0.2) is 25.6 Å². The molecule has 0 aromatic carbocycles. The quantitative estimate of drug-likeness (QED) is 0.643. The van der Waals surface area contributed by atoms with Crippen molar-refractivity contribution < 1.29 is 9.72 Å². The van der Waals surface area contributed by atoms with E-state index in [-0.39, 0.29) is 24.6 Å². The van der Waals surface area contributed by atoms with Crippen molar-refractivity contribution in [1.82, 2.24) is 14.8 Å². The maximum atomic E-state index is 11.6. The van der Waals surface area contributed by atoms with Gasteiger partial charge in [-0.3, -0.25) is 24.6 Å². The first-order chi connectivity index (χ1) is 9.15. The summed E-state index contributed by atoms with van der Waals surface area (Å²) in [6, 6.07) is 3.35. The Labute approximate surface area is 108 Å². The fourth-order valence-electron chi connectivity index (χ4n) is 1.44. The summed E-state index contributed by atoms with van der Waals surface area (Å²) in [7, 11) is 0. The SMILES string of the molecule is O=C(CCn1cc([N+](=O)[O-])cn1)Nc1ccncc1. The van der Waals surface area contributed by atoms with Crippen LogP contribution in [0.15, 0.2) is 36.9 Å². The van der Waals surface area contributed by atoms with E-state index in [1.54, 1.807) is 24.5 Å². The predicted molar refractivity (Wildman–Crippen MR) is 66.4 cm³/mol. The lowest BCUT2D eigenvalue weighted by Gasteiger charge is -2.04. The van der Waals surface area contributed by atoms with E-state index in [9.17, 15) is 14.9 Å². The fraction of sp³-hybridized carbons (Fsp3) is 0.182. The smallest absolute Gasteiger partial charge is 0.306 e. The van der Waals surface area contributed by atoms with Crippen LogP contribution in [0.5, 0.6) is 0 Å². The van der Waals surface area contributed by atoms with Gasteiger partial charge in [0.2, 0.25) is 5.91 Å². The molecular formula is C11H11N5O3. The fourth-order valence-corrected chi connectivity index (χ4v) is 1.44. The molecule has 2 heterocycles. The van der Waals surface area contributed by atoms with E-state index in [1.807, 2.05) is 0 Å². The summed E-state index contributed by atoms with van der Waals surface area (Å²) < 4.78 is 1.37. The van der Waals surface area contributed by atoms with Gasteiger partial charge in [-0.1, -0.05) is 0 Å². The van der Waals surface area contributed by atoms with Crippen molar-refractivity contribution in [3.8, 4) is 0 Å². The number of amides is 1. The molecule has 1 amide bonds. The van der Waals surface area contributed by atoms with E-state index in [0.717, 1.165) is 6.20 Å². The molecule has 0 bridgehead atoms. The molecule has 0 spiro atoms. The maximum Gasteiger partial charge on any atom is 0.306 e. The molecule has 19 heavy (non-hydrogen) atoms. The molecular weight excluding hydrogens is 250 g/mol. The third-order valence-electron chi connectivity index (χ3n) is 2.36. The number of aryl methyl sites for hydroxylation is 1. The predicted octanol–water partition coefficient (Wildman–Crippen LogP) is 1.22. The second kappa shape index (κ2) is 5.71. The second-order valence-corrected chi connectivity index (χ2v) is 3.75. The van der Waals surface area contributed by atoms with Gasteiger partial charge >= 0.3 is 5.69 Å². The van der Waals surface area contributed by atoms with Crippen LogP contribution in [0.4, 0.5) is 11.4 Å². The van der Waals surface area contributed by atoms with E-state index < -0.39 is 4.92 Å². The molecule has 0 radical (unpaired) electrons. The molecule has 8 nitrogen and oxygen atoms in total. The number of rotatable bonds is 5. The highest BCUT2D eigenvalue weighted by molar-refractivity contribution is 5.90. The number of anilines is 1. The third-order valence-corrected chi connectivity index (χ3v) is 2.36. The van der Waals surface area contributed by atoms with E-state index in [0.29, 0.717) is 5.69 Å². The number of aromatic nitrogens is 3. The monoisotopic (exact) mass is 261 g/mol. The molecule has 0 atom stereocenters. The minimum absolute atomic E-state index is 0.0884. The molecule has 0 fully saturated rings. The first-order valence-electron chi connectivity index (χ1n) is 5.52. The summed E-state index contributed by atoms with van der Waals surface area (Å²) in [6.45, 7) is 0.282. The Kier molecular flexibility index (Phi) is 3.81. The normalized spacial score (nSPS) is 10.1. The van der Waals surface area contributed by atoms with Gasteiger partial charge < -0.3 is 5.32 Å². The van der Waals surface area contributed by atoms with Crippen LogP contribution in [0, 0.1) is 10.1 Å². The number of nitrogens with zero attached hydrogens (tertiary/aromatic N) is 4. The van der Waals surface area contributed by atoms with Crippen LogP contribution >= 0.6 is 0 Å². The van der Waals surface area contributed by atoms with E-state index >= 15 is 0 Å². The van der Waals surface area contributed by atoms with Gasteiger partial charge in [-0.2, -0.15) is 5.10 Å². The average molecular weight is 261 g/mol. The number of hydrogen-bond donors (Lipinski definition) is 1. The van der Waals surface area contributed by atoms with Crippen molar-refractivity contribution in [2.45, 2.75) is 13.0 Å². The first kappa shape index (κ1) is 12.7. The Morgan fingerprint density at radius 1 is 1.42 bits per heavy atom. The maximum absolute atomic E-state index is 11.6. The summed E-state index contributed by atoms with van der Waals surface area (Å²) >= 11 is 0. The lowest BCUT2D eigenvalue weighted by atomic mass is 10.3. The van der Waals surface area contributed by atoms with Crippen LogP contribution in [0.3, 0.4) is 0 Å². The van der Waals surface area contributed by atoms with Crippen LogP contribution in [-0.2, 0) is 11.3 Å². The molecule has 2 aromatic rings. The van der Waals surface area contributed by atoms with Crippen molar-refractivity contribution in [2.75, 3.05) is 5.32 Å². The molecule has 0 saturated heterocycles. The zero-order valence-corrected chi connectivity index (χ0v) is 9.89. The average Bonchev–Trinajstić information content (AvgIpc) is 2.86. The molecule has 2 aromatic heterocycles. The van der Waals surface area contributed by atoms with Gasteiger partial charge in [0.15, 0.2) is 0 Å². The van der Waals surface area contributed by atoms with Crippen molar-refractivity contribution >= 4 is 17.3 Å². The van der Waals surface area contributed by atoms with Gasteiger partial charge in [-0.25, -0.2) is 0 Å². The van der Waals surface area contributed by atoms with Gasteiger partial charge in [0.25, 0.3) is 0 Å². The standard InChI is InChI=1S/C11H11N5O3/c17-11(14-9-1-4-12-5-2-9)3-6-15-8-10(7-13-15)16(18)19/h1-2,4-5,7-8H,3,6H2,(H,12,14,17). The van der Waals surface area contributed by atoms with Crippen LogP contribution < -0.4 is 5.32 Å². The van der Waals surface area contributed by atoms with Gasteiger partial charge in [-0.15, -0.1) is 0 Å². The molecule has 0 aliphatic heterocycles. The third kappa shape index (κ3) is 3.60. The Morgan fingerprint density at radius 2 is 2.16 bits per heavy atom. The lowest BCUT2D eigenvalue weighted by molar-refractivity contribution is -0.385. The summed E-state index contributed by atoms with van der Waals surface area (Å²) in [6.07, 6.45) is 5.78. The molecule has 0 aliphatic rings. The number of nitrogens with one attached hydrogen (secondary N) is 1. The van der Waals surface area contributed by atoms with Crippen LogP contribution in [0.1, 0.15) is 6.42 Å². The summed E-state index contributed by atoms with van der Waals surface area (Å²) in [5.74, 6) is -0.190. The van der Waals surface area contributed by atoms with Crippen molar-refractivity contribution in [3.63, 3.8) is 0 Å². The van der Waals surface area contributed by atoms with Crippen LogP contribution in [0.25, 0.3) is 0 Å². The van der Waals surface area contributed by atoms with Gasteiger partial charge in [0.1, 0.15) is 12.4 Å². The number of pyridine rings is 1. The van der Waals surface area contributed by atoms with E-state index in [1.165, 1.54) is 10.9 Å². The minimum Gasteiger partial charge on any atom is -0.326 e.